The highest BCUT2D eigenvalue weighted by molar-refractivity contribution is 4.90. The van der Waals surface area contributed by atoms with E-state index in [0.717, 1.165) is 32.1 Å². The highest BCUT2D eigenvalue weighted by Gasteiger charge is 2.42. The smallest absolute Gasteiger partial charge is 0.168 e. The first kappa shape index (κ1) is 11.9. The minimum absolute atomic E-state index is 0.196. The monoisotopic (exact) mass is 240 g/mol. The van der Waals surface area contributed by atoms with Crippen LogP contribution in [0.1, 0.15) is 32.1 Å². The number of nitrogens with zero attached hydrogens (tertiary/aromatic N) is 1. The fourth-order valence-corrected chi connectivity index (χ4v) is 3.55. The van der Waals surface area contributed by atoms with Crippen molar-refractivity contribution in [3.05, 3.63) is 0 Å². The Balaban J connectivity index is 1.51. The molecule has 0 amide bonds. The van der Waals surface area contributed by atoms with Crippen molar-refractivity contribution >= 4 is 0 Å². The van der Waals surface area contributed by atoms with Gasteiger partial charge < -0.3 is 14.8 Å². The van der Waals surface area contributed by atoms with Crippen LogP contribution in [0.2, 0.25) is 0 Å². The summed E-state index contributed by atoms with van der Waals surface area (Å²) in [6.45, 7) is 4.05. The molecule has 1 spiro atoms. The zero-order valence-corrected chi connectivity index (χ0v) is 10.8. The Hall–Kier alpha value is -0.160. The summed E-state index contributed by atoms with van der Waals surface area (Å²) in [4.78, 5) is 2.66. The van der Waals surface area contributed by atoms with E-state index < -0.39 is 0 Å². The van der Waals surface area contributed by atoms with Gasteiger partial charge in [0.2, 0.25) is 0 Å². The molecular weight excluding hydrogens is 216 g/mol. The van der Waals surface area contributed by atoms with E-state index in [-0.39, 0.29) is 5.79 Å². The van der Waals surface area contributed by atoms with E-state index >= 15 is 0 Å². The third kappa shape index (κ3) is 2.36. The number of hydrogen-bond donors (Lipinski definition) is 1. The van der Waals surface area contributed by atoms with Gasteiger partial charge in [-0.25, -0.2) is 0 Å². The molecule has 1 atom stereocenters. The van der Waals surface area contributed by atoms with Crippen LogP contribution >= 0.6 is 0 Å². The standard InChI is InChI=1S/C13H24N2O2/c1-14-11-4-7-15(10-11)12-2-5-13(6-3-12)16-8-9-17-13/h11-12,14H,2-10H2,1H3. The summed E-state index contributed by atoms with van der Waals surface area (Å²) in [5, 5.41) is 3.39. The van der Waals surface area contributed by atoms with E-state index in [4.69, 9.17) is 9.47 Å². The second-order valence-corrected chi connectivity index (χ2v) is 5.61. The Kier molecular flexibility index (Phi) is 3.39. The summed E-state index contributed by atoms with van der Waals surface area (Å²) in [7, 11) is 2.07. The maximum Gasteiger partial charge on any atom is 0.168 e. The van der Waals surface area contributed by atoms with Gasteiger partial charge >= 0.3 is 0 Å². The van der Waals surface area contributed by atoms with Crippen LogP contribution in [0, 0.1) is 0 Å². The number of likely N-dealkylation sites (tertiary alicyclic amines) is 1. The van der Waals surface area contributed by atoms with E-state index in [1.807, 2.05) is 0 Å². The molecule has 0 aromatic heterocycles. The van der Waals surface area contributed by atoms with E-state index in [9.17, 15) is 0 Å². The number of nitrogens with one attached hydrogen (secondary N) is 1. The average molecular weight is 240 g/mol. The van der Waals surface area contributed by atoms with Crippen molar-refractivity contribution in [2.45, 2.75) is 50.0 Å². The lowest BCUT2D eigenvalue weighted by molar-refractivity contribution is -0.183. The zero-order chi connectivity index (χ0) is 11.7. The minimum Gasteiger partial charge on any atom is -0.348 e. The lowest BCUT2D eigenvalue weighted by Crippen LogP contribution is -2.44. The van der Waals surface area contributed by atoms with Crippen molar-refractivity contribution in [2.24, 2.45) is 0 Å². The summed E-state index contributed by atoms with van der Waals surface area (Å²) in [5.74, 6) is -0.196. The van der Waals surface area contributed by atoms with Crippen molar-refractivity contribution in [3.63, 3.8) is 0 Å². The van der Waals surface area contributed by atoms with Crippen LogP contribution in [0.15, 0.2) is 0 Å². The van der Waals surface area contributed by atoms with E-state index in [1.165, 1.54) is 32.4 Å². The SMILES string of the molecule is CNC1CCN(C2CCC3(CC2)OCCO3)C1. The predicted octanol–water partition coefficient (Wildman–Crippen LogP) is 0.966. The number of rotatable bonds is 2. The Morgan fingerprint density at radius 3 is 2.41 bits per heavy atom. The fraction of sp³-hybridized carbons (Fsp3) is 1.00. The van der Waals surface area contributed by atoms with Crippen LogP contribution in [0.3, 0.4) is 0 Å². The molecule has 1 unspecified atom stereocenters. The van der Waals surface area contributed by atoms with Gasteiger partial charge in [0, 0.05) is 38.0 Å². The second kappa shape index (κ2) is 4.84. The largest absolute Gasteiger partial charge is 0.348 e. The second-order valence-electron chi connectivity index (χ2n) is 5.61. The molecule has 0 aromatic rings. The molecule has 2 aliphatic heterocycles. The lowest BCUT2D eigenvalue weighted by Gasteiger charge is -2.39. The van der Waals surface area contributed by atoms with Crippen molar-refractivity contribution in [3.8, 4) is 0 Å². The van der Waals surface area contributed by atoms with Gasteiger partial charge in [0.25, 0.3) is 0 Å². The van der Waals surface area contributed by atoms with Crippen molar-refractivity contribution in [1.82, 2.24) is 10.2 Å². The Labute approximate surface area is 104 Å². The van der Waals surface area contributed by atoms with Gasteiger partial charge in [0.1, 0.15) is 0 Å². The van der Waals surface area contributed by atoms with E-state index in [1.54, 1.807) is 0 Å². The number of likely N-dealkylation sites (N-methyl/N-ethyl adjacent to an activating group) is 1. The van der Waals surface area contributed by atoms with Gasteiger partial charge in [-0.3, -0.25) is 4.90 Å². The van der Waals surface area contributed by atoms with Crippen molar-refractivity contribution in [1.29, 1.82) is 0 Å². The topological polar surface area (TPSA) is 33.7 Å². The predicted molar refractivity (Wildman–Crippen MR) is 65.9 cm³/mol. The molecular formula is C13H24N2O2. The summed E-state index contributed by atoms with van der Waals surface area (Å²) < 4.78 is 11.6. The van der Waals surface area contributed by atoms with Crippen LogP contribution in [0.25, 0.3) is 0 Å². The third-order valence-corrected chi connectivity index (χ3v) is 4.67. The van der Waals surface area contributed by atoms with Crippen LogP contribution in [-0.4, -0.2) is 56.1 Å². The van der Waals surface area contributed by atoms with Gasteiger partial charge in [-0.05, 0) is 26.3 Å². The van der Waals surface area contributed by atoms with Gasteiger partial charge in [0.05, 0.1) is 13.2 Å². The lowest BCUT2D eigenvalue weighted by atomic mass is 9.89. The summed E-state index contributed by atoms with van der Waals surface area (Å²) >= 11 is 0. The number of ether oxygens (including phenoxy) is 2. The molecule has 3 fully saturated rings. The van der Waals surface area contributed by atoms with Crippen molar-refractivity contribution < 1.29 is 9.47 Å². The molecule has 1 N–H and O–H groups in total. The van der Waals surface area contributed by atoms with Crippen LogP contribution < -0.4 is 5.32 Å². The third-order valence-electron chi connectivity index (χ3n) is 4.67. The van der Waals surface area contributed by atoms with Crippen LogP contribution in [0.5, 0.6) is 0 Å². The Morgan fingerprint density at radius 1 is 1.12 bits per heavy atom. The summed E-state index contributed by atoms with van der Waals surface area (Å²) in [6.07, 6.45) is 5.93. The average Bonchev–Trinajstić information content (AvgIpc) is 3.00. The first-order valence-corrected chi connectivity index (χ1v) is 7.01. The molecule has 0 aromatic carbocycles. The minimum atomic E-state index is -0.196. The van der Waals surface area contributed by atoms with Gasteiger partial charge in [-0.1, -0.05) is 0 Å². The van der Waals surface area contributed by atoms with Crippen LogP contribution in [0.4, 0.5) is 0 Å². The van der Waals surface area contributed by atoms with E-state index in [2.05, 4.69) is 17.3 Å². The van der Waals surface area contributed by atoms with E-state index in [0.29, 0.717) is 6.04 Å². The fourth-order valence-electron chi connectivity index (χ4n) is 3.55. The first-order valence-electron chi connectivity index (χ1n) is 7.01. The quantitative estimate of drug-likeness (QED) is 0.780. The molecule has 1 aliphatic carbocycles. The van der Waals surface area contributed by atoms with Gasteiger partial charge in [-0.2, -0.15) is 0 Å². The highest BCUT2D eigenvalue weighted by atomic mass is 16.7. The molecule has 0 bridgehead atoms. The molecule has 2 saturated heterocycles. The molecule has 4 nitrogen and oxygen atoms in total. The Bertz CT molecular complexity index is 256. The first-order chi connectivity index (χ1) is 8.31. The molecule has 1 saturated carbocycles. The normalized spacial score (nSPS) is 34.8. The molecule has 17 heavy (non-hydrogen) atoms. The molecule has 2 heterocycles. The molecule has 3 aliphatic rings. The molecule has 0 radical (unpaired) electrons. The van der Waals surface area contributed by atoms with Crippen molar-refractivity contribution in [2.75, 3.05) is 33.4 Å². The van der Waals surface area contributed by atoms with Gasteiger partial charge in [-0.15, -0.1) is 0 Å². The van der Waals surface area contributed by atoms with Crippen LogP contribution in [-0.2, 0) is 9.47 Å². The maximum absolute atomic E-state index is 5.78. The number of hydrogen-bond acceptors (Lipinski definition) is 4. The zero-order valence-electron chi connectivity index (χ0n) is 10.8. The van der Waals surface area contributed by atoms with Gasteiger partial charge in [0.15, 0.2) is 5.79 Å². The highest BCUT2D eigenvalue weighted by Crippen LogP contribution is 2.37. The Morgan fingerprint density at radius 2 is 1.82 bits per heavy atom. The molecule has 3 rings (SSSR count). The summed E-state index contributed by atoms with van der Waals surface area (Å²) in [5.41, 5.74) is 0. The molecule has 4 heteroatoms. The summed E-state index contributed by atoms with van der Waals surface area (Å²) in [6, 6.07) is 1.46. The maximum atomic E-state index is 5.78. The molecule has 98 valence electrons.